The number of nitrogens with zero attached hydrogens (tertiary/aromatic N) is 3. The molecule has 0 atom stereocenters. The standard InChI is InChI=1S/C20H21N3O5/c1-4-27-19(24)12-28-16-7-5-6-15(11-16)23-13-21-17-9-8-14(10-18(17)23)20(25)22(2)26-3/h5-11,13H,4,12H2,1-3H3. The summed E-state index contributed by atoms with van der Waals surface area (Å²) in [7, 11) is 2.98. The van der Waals surface area contributed by atoms with Gasteiger partial charge < -0.3 is 9.47 Å². The monoisotopic (exact) mass is 383 g/mol. The minimum absolute atomic E-state index is 0.163. The highest BCUT2D eigenvalue weighted by Gasteiger charge is 2.14. The van der Waals surface area contributed by atoms with Crippen LogP contribution in [-0.4, -0.2) is 53.9 Å². The van der Waals surface area contributed by atoms with E-state index in [1.165, 1.54) is 7.11 Å². The number of hydrogen-bond acceptors (Lipinski definition) is 6. The lowest BCUT2D eigenvalue weighted by Crippen LogP contribution is -2.25. The van der Waals surface area contributed by atoms with Crippen LogP contribution >= 0.6 is 0 Å². The average molecular weight is 383 g/mol. The van der Waals surface area contributed by atoms with Crippen LogP contribution in [0.3, 0.4) is 0 Å². The molecule has 0 saturated heterocycles. The molecular weight excluding hydrogens is 362 g/mol. The molecule has 3 rings (SSSR count). The van der Waals surface area contributed by atoms with E-state index in [9.17, 15) is 9.59 Å². The zero-order valence-corrected chi connectivity index (χ0v) is 15.9. The third-order valence-electron chi connectivity index (χ3n) is 4.11. The molecule has 0 spiro atoms. The van der Waals surface area contributed by atoms with Crippen LogP contribution in [-0.2, 0) is 14.4 Å². The molecule has 3 aromatic rings. The molecule has 0 aliphatic rings. The first-order valence-corrected chi connectivity index (χ1v) is 8.71. The van der Waals surface area contributed by atoms with Crippen LogP contribution in [0.4, 0.5) is 0 Å². The first-order valence-electron chi connectivity index (χ1n) is 8.71. The molecule has 2 aromatic carbocycles. The number of esters is 1. The van der Waals surface area contributed by atoms with E-state index < -0.39 is 5.97 Å². The van der Waals surface area contributed by atoms with Gasteiger partial charge in [0.25, 0.3) is 5.91 Å². The van der Waals surface area contributed by atoms with Gasteiger partial charge >= 0.3 is 5.97 Å². The Morgan fingerprint density at radius 3 is 2.75 bits per heavy atom. The maximum atomic E-state index is 12.4. The van der Waals surface area contributed by atoms with Gasteiger partial charge in [0.2, 0.25) is 0 Å². The minimum atomic E-state index is -0.425. The van der Waals surface area contributed by atoms with Gasteiger partial charge in [-0.3, -0.25) is 14.2 Å². The van der Waals surface area contributed by atoms with Crippen molar-refractivity contribution in [3.63, 3.8) is 0 Å². The third-order valence-corrected chi connectivity index (χ3v) is 4.11. The lowest BCUT2D eigenvalue weighted by Gasteiger charge is -2.14. The van der Waals surface area contributed by atoms with Gasteiger partial charge in [-0.2, -0.15) is 0 Å². The van der Waals surface area contributed by atoms with E-state index in [4.69, 9.17) is 14.3 Å². The van der Waals surface area contributed by atoms with E-state index in [1.807, 2.05) is 16.7 Å². The number of fused-ring (bicyclic) bond motifs is 1. The maximum absolute atomic E-state index is 12.4. The van der Waals surface area contributed by atoms with Crippen molar-refractivity contribution < 1.29 is 23.9 Å². The quantitative estimate of drug-likeness (QED) is 0.461. The first kappa shape index (κ1) is 19.4. The molecule has 0 saturated carbocycles. The topological polar surface area (TPSA) is 82.9 Å². The maximum Gasteiger partial charge on any atom is 0.344 e. The molecule has 8 heteroatoms. The fourth-order valence-corrected chi connectivity index (χ4v) is 2.68. The summed E-state index contributed by atoms with van der Waals surface area (Å²) in [6.45, 7) is 1.89. The van der Waals surface area contributed by atoms with E-state index in [2.05, 4.69) is 4.98 Å². The molecule has 0 unspecified atom stereocenters. The summed E-state index contributed by atoms with van der Waals surface area (Å²) in [6, 6.07) is 12.5. The highest BCUT2D eigenvalue weighted by Crippen LogP contribution is 2.23. The Morgan fingerprint density at radius 2 is 2.00 bits per heavy atom. The van der Waals surface area contributed by atoms with Gasteiger partial charge in [0.05, 0.1) is 30.4 Å². The number of carbonyl (C=O) groups is 2. The van der Waals surface area contributed by atoms with Gasteiger partial charge in [-0.25, -0.2) is 14.8 Å². The van der Waals surface area contributed by atoms with Gasteiger partial charge in [-0.05, 0) is 37.3 Å². The lowest BCUT2D eigenvalue weighted by atomic mass is 10.2. The van der Waals surface area contributed by atoms with Crippen molar-refractivity contribution in [1.29, 1.82) is 0 Å². The molecule has 1 aromatic heterocycles. The van der Waals surface area contributed by atoms with Crippen LogP contribution in [0.5, 0.6) is 5.75 Å². The largest absolute Gasteiger partial charge is 0.482 e. The van der Waals surface area contributed by atoms with E-state index in [1.54, 1.807) is 50.6 Å². The number of rotatable bonds is 7. The number of aromatic nitrogens is 2. The van der Waals surface area contributed by atoms with Crippen LogP contribution < -0.4 is 4.74 Å². The molecule has 146 valence electrons. The number of imidazole rings is 1. The first-order chi connectivity index (χ1) is 13.5. The Morgan fingerprint density at radius 1 is 1.18 bits per heavy atom. The fraction of sp³-hybridized carbons (Fsp3) is 0.250. The number of carbonyl (C=O) groups excluding carboxylic acids is 2. The number of hydrogen-bond donors (Lipinski definition) is 0. The fourth-order valence-electron chi connectivity index (χ4n) is 2.68. The van der Waals surface area contributed by atoms with Crippen LogP contribution in [0.1, 0.15) is 17.3 Å². The normalized spacial score (nSPS) is 10.7. The zero-order chi connectivity index (χ0) is 20.1. The molecule has 1 amide bonds. The number of ether oxygens (including phenoxy) is 2. The summed E-state index contributed by atoms with van der Waals surface area (Å²) >= 11 is 0. The second-order valence-electron chi connectivity index (χ2n) is 5.89. The SMILES string of the molecule is CCOC(=O)COc1cccc(-n2cnc3ccc(C(=O)N(C)OC)cc32)c1. The van der Waals surface area contributed by atoms with Crippen molar-refractivity contribution in [3.8, 4) is 11.4 Å². The second kappa shape index (κ2) is 8.53. The summed E-state index contributed by atoms with van der Waals surface area (Å²) in [5.74, 6) is -0.158. The van der Waals surface area contributed by atoms with Crippen molar-refractivity contribution in [2.24, 2.45) is 0 Å². The average Bonchev–Trinajstić information content (AvgIpc) is 3.14. The number of hydroxylamine groups is 2. The van der Waals surface area contributed by atoms with Crippen molar-refractivity contribution in [1.82, 2.24) is 14.6 Å². The van der Waals surface area contributed by atoms with Gasteiger partial charge in [-0.15, -0.1) is 0 Å². The van der Waals surface area contributed by atoms with Crippen molar-refractivity contribution in [3.05, 3.63) is 54.4 Å². The highest BCUT2D eigenvalue weighted by molar-refractivity contribution is 5.97. The Hall–Kier alpha value is -3.39. The summed E-state index contributed by atoms with van der Waals surface area (Å²) in [5, 5.41) is 1.16. The van der Waals surface area contributed by atoms with Crippen molar-refractivity contribution in [2.75, 3.05) is 27.4 Å². The highest BCUT2D eigenvalue weighted by atomic mass is 16.7. The van der Waals surface area contributed by atoms with Crippen LogP contribution in [0.15, 0.2) is 48.8 Å². The van der Waals surface area contributed by atoms with E-state index >= 15 is 0 Å². The predicted molar refractivity (Wildman–Crippen MR) is 102 cm³/mol. The van der Waals surface area contributed by atoms with E-state index in [0.717, 1.165) is 21.8 Å². The Labute approximate surface area is 162 Å². The molecule has 28 heavy (non-hydrogen) atoms. The predicted octanol–water partition coefficient (Wildman–Crippen LogP) is 2.60. The Bertz CT molecular complexity index is 998. The molecular formula is C20H21N3O5. The van der Waals surface area contributed by atoms with Gasteiger partial charge in [-0.1, -0.05) is 6.07 Å². The van der Waals surface area contributed by atoms with Crippen molar-refractivity contribution >= 4 is 22.9 Å². The summed E-state index contributed by atoms with van der Waals surface area (Å²) in [4.78, 5) is 33.2. The zero-order valence-electron chi connectivity index (χ0n) is 15.9. The summed E-state index contributed by atoms with van der Waals surface area (Å²) < 4.78 is 12.2. The number of amides is 1. The molecule has 1 heterocycles. The minimum Gasteiger partial charge on any atom is -0.482 e. The van der Waals surface area contributed by atoms with Crippen LogP contribution in [0.2, 0.25) is 0 Å². The van der Waals surface area contributed by atoms with Gasteiger partial charge in [0, 0.05) is 18.7 Å². The third kappa shape index (κ3) is 4.12. The molecule has 8 nitrogen and oxygen atoms in total. The van der Waals surface area contributed by atoms with E-state index in [-0.39, 0.29) is 12.5 Å². The smallest absolute Gasteiger partial charge is 0.344 e. The van der Waals surface area contributed by atoms with Crippen LogP contribution in [0.25, 0.3) is 16.7 Å². The van der Waals surface area contributed by atoms with Gasteiger partial charge in [0.1, 0.15) is 12.1 Å². The molecule has 0 radical (unpaired) electrons. The van der Waals surface area contributed by atoms with Crippen LogP contribution in [0, 0.1) is 0 Å². The molecule has 0 N–H and O–H groups in total. The molecule has 0 aliphatic heterocycles. The molecule has 0 bridgehead atoms. The van der Waals surface area contributed by atoms with E-state index in [0.29, 0.717) is 17.9 Å². The Balaban J connectivity index is 1.90. The van der Waals surface area contributed by atoms with Gasteiger partial charge in [0.15, 0.2) is 6.61 Å². The second-order valence-corrected chi connectivity index (χ2v) is 5.89. The summed E-state index contributed by atoms with van der Waals surface area (Å²) in [5.41, 5.74) is 2.77. The summed E-state index contributed by atoms with van der Waals surface area (Å²) in [6.07, 6.45) is 1.67. The van der Waals surface area contributed by atoms with Crippen molar-refractivity contribution in [2.45, 2.75) is 6.92 Å². The molecule has 0 fully saturated rings. The number of benzene rings is 2. The Kier molecular flexibility index (Phi) is 5.90. The molecule has 0 aliphatic carbocycles. The lowest BCUT2D eigenvalue weighted by molar-refractivity contribution is -0.145.